The number of allylic oxidation sites excluding steroid dienone is 3. The Hall–Kier alpha value is -2.76. The molecule has 47 heavy (non-hydrogen) atoms. The van der Waals surface area contributed by atoms with E-state index in [0.29, 0.717) is 38.0 Å². The second-order valence-corrected chi connectivity index (χ2v) is 12.4. The van der Waals surface area contributed by atoms with Crippen LogP contribution in [0.5, 0.6) is 0 Å². The number of H-pyrrole nitrogens is 2. The number of ether oxygens (including phenoxy) is 2. The molecule has 2 aromatic heterocycles. The van der Waals surface area contributed by atoms with Crippen LogP contribution in [-0.4, -0.2) is 45.5 Å². The Labute approximate surface area is 308 Å². The van der Waals surface area contributed by atoms with Crippen molar-refractivity contribution in [2.75, 3.05) is 13.2 Å². The van der Waals surface area contributed by atoms with E-state index in [0.717, 1.165) is 74.1 Å². The molecule has 4 N–H and O–H groups in total. The summed E-state index contributed by atoms with van der Waals surface area (Å²) in [4.78, 5) is 39.4. The van der Waals surface area contributed by atoms with Gasteiger partial charge in [0.25, 0.3) is 0 Å². The maximum atomic E-state index is 13.2. The van der Waals surface area contributed by atoms with Crippen LogP contribution in [0.4, 0.5) is 0 Å². The van der Waals surface area contributed by atoms with Crippen LogP contribution in [0.15, 0.2) is 33.7 Å². The standard InChI is InChI=1S/C36H45BrN4O4.2BrH/c1-10-24-19(5)27(38-23(24)9)18-32-34(36(43)45-13-4)22(8)30(40-32)17-31-25(11-2)20(6)28(39-31)16-29-21(7)26(35(37)41-29)14-15-33(42)44-12-3;;/h16,18,38-39H,10-15,17H2,1-9H3;2*1H/b29-16-,32-18-;;. The third-order valence-electron chi connectivity index (χ3n) is 8.89. The van der Waals surface area contributed by atoms with E-state index in [-0.39, 0.29) is 45.9 Å². The predicted octanol–water partition coefficient (Wildman–Crippen LogP) is -1.71. The van der Waals surface area contributed by atoms with Gasteiger partial charge in [-0.15, -0.1) is 0 Å². The lowest BCUT2D eigenvalue weighted by Crippen LogP contribution is -3.00. The van der Waals surface area contributed by atoms with Crippen molar-refractivity contribution in [2.45, 2.75) is 94.4 Å². The highest BCUT2D eigenvalue weighted by molar-refractivity contribution is 9.18. The van der Waals surface area contributed by atoms with Gasteiger partial charge < -0.3 is 53.4 Å². The largest absolute Gasteiger partial charge is 1.00 e. The number of esters is 2. The van der Waals surface area contributed by atoms with Crippen molar-refractivity contribution in [3.05, 3.63) is 78.7 Å². The third kappa shape index (κ3) is 8.64. The molecule has 2 aliphatic rings. The summed E-state index contributed by atoms with van der Waals surface area (Å²) >= 11 is 3.66. The van der Waals surface area contributed by atoms with Gasteiger partial charge in [0.15, 0.2) is 5.71 Å². The first kappa shape index (κ1) is 40.4. The van der Waals surface area contributed by atoms with Crippen LogP contribution in [0.3, 0.4) is 0 Å². The van der Waals surface area contributed by atoms with Gasteiger partial charge in [0.1, 0.15) is 5.57 Å². The number of carbonyl (C=O) groups excluding carboxylic acids is 2. The molecule has 256 valence electrons. The number of aryl methyl sites for hydroxylation is 1. The van der Waals surface area contributed by atoms with Crippen molar-refractivity contribution >= 4 is 50.4 Å². The Balaban J connectivity index is 0.00000384. The Bertz CT molecular complexity index is 1720. The number of aromatic nitrogens is 2. The molecule has 11 heteroatoms. The molecule has 0 radical (unpaired) electrons. The van der Waals surface area contributed by atoms with E-state index in [1.54, 1.807) is 0 Å². The summed E-state index contributed by atoms with van der Waals surface area (Å²) in [6.07, 6.45) is 7.54. The van der Waals surface area contributed by atoms with Gasteiger partial charge in [0, 0.05) is 74.0 Å². The van der Waals surface area contributed by atoms with Crippen molar-refractivity contribution in [1.29, 1.82) is 0 Å². The van der Waals surface area contributed by atoms with Gasteiger partial charge >= 0.3 is 11.9 Å². The molecule has 0 spiro atoms. The summed E-state index contributed by atoms with van der Waals surface area (Å²) in [7, 11) is 0. The van der Waals surface area contributed by atoms with Gasteiger partial charge in [-0.3, -0.25) is 4.79 Å². The third-order valence-corrected chi connectivity index (χ3v) is 9.57. The molecule has 0 bridgehead atoms. The first-order valence-corrected chi connectivity index (χ1v) is 16.7. The Morgan fingerprint density at radius 1 is 0.787 bits per heavy atom. The van der Waals surface area contributed by atoms with Gasteiger partial charge in [0.05, 0.1) is 19.6 Å². The van der Waals surface area contributed by atoms with Crippen LogP contribution in [0.1, 0.15) is 99.4 Å². The highest BCUT2D eigenvalue weighted by Gasteiger charge is 2.35. The Morgan fingerprint density at radius 3 is 1.98 bits per heavy atom. The number of halogens is 3. The summed E-state index contributed by atoms with van der Waals surface area (Å²) in [5, 5.41) is 0. The van der Waals surface area contributed by atoms with E-state index < -0.39 is 0 Å². The molecule has 4 rings (SSSR count). The van der Waals surface area contributed by atoms with Crippen LogP contribution in [-0.2, 0) is 38.3 Å². The topological polar surface area (TPSA) is 112 Å². The molecule has 0 saturated carbocycles. The molecule has 8 nitrogen and oxygen atoms in total. The molecule has 4 heterocycles. The number of hydrogen-bond donors (Lipinski definition) is 4. The zero-order chi connectivity index (χ0) is 33.0. The highest BCUT2D eigenvalue weighted by atomic mass is 79.9. The molecule has 0 saturated heterocycles. The predicted molar refractivity (Wildman–Crippen MR) is 183 cm³/mol. The highest BCUT2D eigenvalue weighted by Crippen LogP contribution is 2.28. The van der Waals surface area contributed by atoms with E-state index in [4.69, 9.17) is 9.47 Å². The molecule has 0 aliphatic carbocycles. The average Bonchev–Trinajstić information content (AvgIpc) is 3.64. The maximum Gasteiger partial charge on any atom is 0.345 e. The van der Waals surface area contributed by atoms with Crippen LogP contribution in [0.2, 0.25) is 0 Å². The Morgan fingerprint density at radius 2 is 1.38 bits per heavy atom. The monoisotopic (exact) mass is 836 g/mol. The summed E-state index contributed by atoms with van der Waals surface area (Å²) in [5.74, 6) is -0.511. The SMILES string of the molecule is CCOC(=O)CCC1=C(C)/C(=C/c2[nH]c(CC3=[NH+]/C(=C\c4[nH]c(C)c(CC)c4C)C(C(=O)OCC)=C3C)c(CC)c2C)[NH+]=C1Br.[Br-].[Br-]. The lowest BCUT2D eigenvalue weighted by Gasteiger charge is -2.03. The first-order valence-electron chi connectivity index (χ1n) is 15.9. The molecule has 0 fully saturated rings. The second-order valence-electron chi connectivity index (χ2n) is 11.6. The maximum absolute atomic E-state index is 13.2. The molecule has 0 atom stereocenters. The fourth-order valence-electron chi connectivity index (χ4n) is 6.39. The van der Waals surface area contributed by atoms with Crippen LogP contribution >= 0.6 is 15.9 Å². The van der Waals surface area contributed by atoms with Crippen LogP contribution in [0.25, 0.3) is 12.2 Å². The minimum atomic E-state index is -0.320. The van der Waals surface area contributed by atoms with Gasteiger partial charge in [-0.05, 0) is 90.0 Å². The lowest BCUT2D eigenvalue weighted by atomic mass is 9.99. The number of aromatic amines is 2. The number of nitrogens with one attached hydrogen (secondary N) is 4. The molecular weight excluding hydrogens is 792 g/mol. The molecule has 2 aromatic rings. The van der Waals surface area contributed by atoms with Gasteiger partial charge in [-0.1, -0.05) is 13.8 Å². The zero-order valence-electron chi connectivity index (χ0n) is 28.9. The van der Waals surface area contributed by atoms with E-state index in [1.807, 2.05) is 26.8 Å². The molecule has 2 aliphatic heterocycles. The van der Waals surface area contributed by atoms with Crippen molar-refractivity contribution < 1.29 is 63.0 Å². The van der Waals surface area contributed by atoms with Gasteiger partial charge in [-0.25, -0.2) is 9.79 Å². The van der Waals surface area contributed by atoms with E-state index in [2.05, 4.69) is 83.5 Å². The second kappa shape index (κ2) is 17.6. The molecule has 0 aromatic carbocycles. The lowest BCUT2D eigenvalue weighted by molar-refractivity contribution is -0.387. The number of rotatable bonds is 12. The fourth-order valence-corrected chi connectivity index (χ4v) is 7.10. The van der Waals surface area contributed by atoms with E-state index >= 15 is 0 Å². The van der Waals surface area contributed by atoms with Crippen LogP contribution < -0.4 is 43.9 Å². The molecule has 0 amide bonds. The number of carbonyl (C=O) groups is 2. The molecule has 0 unspecified atom stereocenters. The van der Waals surface area contributed by atoms with E-state index in [1.165, 1.54) is 22.3 Å². The fraction of sp³-hybridized carbons (Fsp3) is 0.444. The summed E-state index contributed by atoms with van der Waals surface area (Å²) in [5.41, 5.74) is 15.6. The normalized spacial score (nSPS) is 16.0. The Kier molecular flexibility index (Phi) is 15.1. The molecular formula is C36H47Br3N4O4. The zero-order valence-corrected chi connectivity index (χ0v) is 33.6. The van der Waals surface area contributed by atoms with E-state index in [9.17, 15) is 9.59 Å². The summed E-state index contributed by atoms with van der Waals surface area (Å²) in [6, 6.07) is 0. The van der Waals surface area contributed by atoms with Gasteiger partial charge in [-0.2, -0.15) is 4.99 Å². The van der Waals surface area contributed by atoms with Crippen molar-refractivity contribution in [3.63, 3.8) is 0 Å². The number of hydrogen-bond acceptors (Lipinski definition) is 4. The summed E-state index contributed by atoms with van der Waals surface area (Å²) in [6.45, 7) is 19.1. The van der Waals surface area contributed by atoms with Crippen molar-refractivity contribution in [3.8, 4) is 0 Å². The van der Waals surface area contributed by atoms with Crippen molar-refractivity contribution in [1.82, 2.24) is 9.97 Å². The van der Waals surface area contributed by atoms with Gasteiger partial charge in [0.2, 0.25) is 16.0 Å². The summed E-state index contributed by atoms with van der Waals surface area (Å²) < 4.78 is 11.5. The minimum Gasteiger partial charge on any atom is -1.00 e. The smallest absolute Gasteiger partial charge is 0.345 e. The minimum absolute atomic E-state index is 0. The average molecular weight is 840 g/mol. The van der Waals surface area contributed by atoms with Crippen LogP contribution in [0, 0.1) is 20.8 Å². The van der Waals surface area contributed by atoms with Crippen molar-refractivity contribution in [2.24, 2.45) is 0 Å². The quantitative estimate of drug-likeness (QED) is 0.191. The first-order chi connectivity index (χ1) is 21.4.